The number of aromatic nitrogens is 2. The third kappa shape index (κ3) is 2.31. The van der Waals surface area contributed by atoms with Gasteiger partial charge in [0.1, 0.15) is 5.82 Å². The van der Waals surface area contributed by atoms with Crippen molar-refractivity contribution in [2.45, 2.75) is 0 Å². The summed E-state index contributed by atoms with van der Waals surface area (Å²) in [6, 6.07) is 4.69. The van der Waals surface area contributed by atoms with Crippen LogP contribution in [0.3, 0.4) is 0 Å². The number of hydrogen-bond acceptors (Lipinski definition) is 4. The molecule has 2 aromatic rings. The minimum Gasteiger partial charge on any atom is -0.493 e. The molecule has 5 nitrogen and oxygen atoms in total. The minimum atomic E-state index is -0.231. The third-order valence-corrected chi connectivity index (χ3v) is 2.66. The van der Waals surface area contributed by atoms with Crippen LogP contribution in [0.5, 0.6) is 11.5 Å². The molecule has 0 fully saturated rings. The first-order chi connectivity index (χ1) is 8.65. The van der Waals surface area contributed by atoms with Crippen molar-refractivity contribution in [1.82, 2.24) is 9.97 Å². The van der Waals surface area contributed by atoms with Gasteiger partial charge in [0.15, 0.2) is 11.5 Å². The number of benzene rings is 1. The highest BCUT2D eigenvalue weighted by molar-refractivity contribution is 6.32. The number of aromatic amines is 1. The molecule has 1 N–H and O–H groups in total. The second-order valence-corrected chi connectivity index (χ2v) is 3.88. The number of nitrogens with zero attached hydrogens (tertiary/aromatic N) is 1. The van der Waals surface area contributed by atoms with Crippen molar-refractivity contribution in [2.75, 3.05) is 14.2 Å². The first-order valence-electron chi connectivity index (χ1n) is 5.13. The number of H-pyrrole nitrogens is 1. The van der Waals surface area contributed by atoms with E-state index in [-0.39, 0.29) is 5.56 Å². The van der Waals surface area contributed by atoms with Gasteiger partial charge < -0.3 is 14.5 Å². The quantitative estimate of drug-likeness (QED) is 0.924. The Balaban J connectivity index is 2.59. The van der Waals surface area contributed by atoms with Gasteiger partial charge in [-0.05, 0) is 12.1 Å². The zero-order valence-electron chi connectivity index (χ0n) is 9.86. The van der Waals surface area contributed by atoms with Gasteiger partial charge in [0, 0.05) is 17.8 Å². The van der Waals surface area contributed by atoms with E-state index < -0.39 is 0 Å². The Hall–Kier alpha value is -2.01. The van der Waals surface area contributed by atoms with Gasteiger partial charge >= 0.3 is 0 Å². The fourth-order valence-corrected chi connectivity index (χ4v) is 1.86. The van der Waals surface area contributed by atoms with Crippen LogP contribution in [0.4, 0.5) is 0 Å². The van der Waals surface area contributed by atoms with Crippen LogP contribution in [-0.4, -0.2) is 24.2 Å². The van der Waals surface area contributed by atoms with Crippen molar-refractivity contribution in [1.29, 1.82) is 0 Å². The molecule has 0 saturated carbocycles. The third-order valence-electron chi connectivity index (χ3n) is 2.38. The maximum absolute atomic E-state index is 11.2. The predicted molar refractivity (Wildman–Crippen MR) is 68.4 cm³/mol. The molecule has 94 valence electrons. The lowest BCUT2D eigenvalue weighted by Gasteiger charge is -2.11. The van der Waals surface area contributed by atoms with E-state index in [0.29, 0.717) is 27.9 Å². The first kappa shape index (κ1) is 12.4. The van der Waals surface area contributed by atoms with E-state index in [2.05, 4.69) is 9.97 Å². The van der Waals surface area contributed by atoms with Gasteiger partial charge in [-0.25, -0.2) is 4.98 Å². The van der Waals surface area contributed by atoms with E-state index in [9.17, 15) is 4.79 Å². The van der Waals surface area contributed by atoms with E-state index >= 15 is 0 Å². The van der Waals surface area contributed by atoms with Crippen molar-refractivity contribution >= 4 is 11.6 Å². The van der Waals surface area contributed by atoms with Crippen LogP contribution in [0.25, 0.3) is 11.4 Å². The predicted octanol–water partition coefficient (Wildman–Crippen LogP) is 2.11. The first-order valence-corrected chi connectivity index (χ1v) is 5.50. The molecule has 1 aromatic heterocycles. The second-order valence-electron chi connectivity index (χ2n) is 3.48. The lowest BCUT2D eigenvalue weighted by atomic mass is 10.2. The fourth-order valence-electron chi connectivity index (χ4n) is 1.57. The molecule has 0 saturated heterocycles. The van der Waals surface area contributed by atoms with E-state index in [1.165, 1.54) is 26.5 Å². The summed E-state index contributed by atoms with van der Waals surface area (Å²) < 4.78 is 10.3. The number of rotatable bonds is 3. The summed E-state index contributed by atoms with van der Waals surface area (Å²) >= 11 is 6.08. The average molecular weight is 267 g/mol. The SMILES string of the molecule is COc1cc(-c2nccc(=O)[nH]2)cc(Cl)c1OC. The monoisotopic (exact) mass is 266 g/mol. The number of hydrogen-bond donors (Lipinski definition) is 1. The minimum absolute atomic E-state index is 0.231. The van der Waals surface area contributed by atoms with Crippen LogP contribution in [0, 0.1) is 0 Å². The maximum atomic E-state index is 11.2. The van der Waals surface area contributed by atoms with Gasteiger partial charge in [-0.2, -0.15) is 0 Å². The number of nitrogens with one attached hydrogen (secondary N) is 1. The van der Waals surface area contributed by atoms with E-state index in [4.69, 9.17) is 21.1 Å². The Morgan fingerprint density at radius 1 is 1.28 bits per heavy atom. The molecular formula is C12H11ClN2O3. The molecular weight excluding hydrogens is 256 g/mol. The van der Waals surface area contributed by atoms with E-state index in [1.807, 2.05) is 0 Å². The van der Waals surface area contributed by atoms with Crippen molar-refractivity contribution in [3.05, 3.63) is 39.8 Å². The summed E-state index contributed by atoms with van der Waals surface area (Å²) in [5.41, 5.74) is 0.418. The summed E-state index contributed by atoms with van der Waals surface area (Å²) in [6.45, 7) is 0. The summed E-state index contributed by atoms with van der Waals surface area (Å²) in [5, 5.41) is 0.387. The highest BCUT2D eigenvalue weighted by Gasteiger charge is 2.12. The molecule has 18 heavy (non-hydrogen) atoms. The topological polar surface area (TPSA) is 64.2 Å². The Morgan fingerprint density at radius 2 is 2.06 bits per heavy atom. The van der Waals surface area contributed by atoms with Crippen molar-refractivity contribution < 1.29 is 9.47 Å². The van der Waals surface area contributed by atoms with Gasteiger partial charge in [0.2, 0.25) is 0 Å². The Morgan fingerprint density at radius 3 is 2.67 bits per heavy atom. The lowest BCUT2D eigenvalue weighted by molar-refractivity contribution is 0.355. The number of halogens is 1. The molecule has 0 bridgehead atoms. The molecule has 0 amide bonds. The number of ether oxygens (including phenoxy) is 2. The fraction of sp³-hybridized carbons (Fsp3) is 0.167. The van der Waals surface area contributed by atoms with Gasteiger partial charge in [-0.1, -0.05) is 11.6 Å². The Bertz CT molecular complexity index is 625. The van der Waals surface area contributed by atoms with Crippen molar-refractivity contribution in [2.24, 2.45) is 0 Å². The highest BCUT2D eigenvalue weighted by Crippen LogP contribution is 2.38. The van der Waals surface area contributed by atoms with Gasteiger partial charge in [0.05, 0.1) is 19.2 Å². The average Bonchev–Trinajstić information content (AvgIpc) is 2.37. The molecule has 0 unspecified atom stereocenters. The van der Waals surface area contributed by atoms with Crippen LogP contribution < -0.4 is 15.0 Å². The van der Waals surface area contributed by atoms with Crippen molar-refractivity contribution in [3.8, 4) is 22.9 Å². The standard InChI is InChI=1S/C12H11ClN2O3/c1-17-9-6-7(5-8(13)11(9)18-2)12-14-4-3-10(16)15-12/h3-6H,1-2H3,(H,14,15,16). The normalized spacial score (nSPS) is 10.2. The molecule has 1 aromatic carbocycles. The zero-order chi connectivity index (χ0) is 13.1. The van der Waals surface area contributed by atoms with Crippen molar-refractivity contribution in [3.63, 3.8) is 0 Å². The smallest absolute Gasteiger partial charge is 0.251 e. The van der Waals surface area contributed by atoms with Gasteiger partial charge in [-0.3, -0.25) is 4.79 Å². The van der Waals surface area contributed by atoms with E-state index in [1.54, 1.807) is 12.1 Å². The van der Waals surface area contributed by atoms with Gasteiger partial charge in [-0.15, -0.1) is 0 Å². The van der Waals surface area contributed by atoms with Crippen LogP contribution in [0.15, 0.2) is 29.2 Å². The van der Waals surface area contributed by atoms with Crippen LogP contribution in [0.1, 0.15) is 0 Å². The van der Waals surface area contributed by atoms with Crippen LogP contribution in [-0.2, 0) is 0 Å². The largest absolute Gasteiger partial charge is 0.493 e. The van der Waals surface area contributed by atoms with Crippen LogP contribution in [0.2, 0.25) is 5.02 Å². The summed E-state index contributed by atoms with van der Waals surface area (Å²) in [6.07, 6.45) is 1.43. The summed E-state index contributed by atoms with van der Waals surface area (Å²) in [7, 11) is 3.02. The molecule has 0 atom stereocenters. The number of methoxy groups -OCH3 is 2. The molecule has 1 heterocycles. The zero-order valence-corrected chi connectivity index (χ0v) is 10.6. The molecule has 0 aliphatic rings. The molecule has 6 heteroatoms. The van der Waals surface area contributed by atoms with E-state index in [0.717, 1.165) is 0 Å². The highest BCUT2D eigenvalue weighted by atomic mass is 35.5. The summed E-state index contributed by atoms with van der Waals surface area (Å²) in [5.74, 6) is 1.35. The Labute approximate surface area is 108 Å². The molecule has 0 radical (unpaired) electrons. The van der Waals surface area contributed by atoms with Crippen LogP contribution >= 0.6 is 11.6 Å². The molecule has 2 rings (SSSR count). The lowest BCUT2D eigenvalue weighted by Crippen LogP contribution is -2.06. The molecule has 0 aliphatic carbocycles. The molecule has 0 spiro atoms. The molecule has 0 aliphatic heterocycles. The summed E-state index contributed by atoms with van der Waals surface area (Å²) in [4.78, 5) is 17.9. The van der Waals surface area contributed by atoms with Gasteiger partial charge in [0.25, 0.3) is 5.56 Å². The Kier molecular flexibility index (Phi) is 3.53. The second kappa shape index (κ2) is 5.10. The maximum Gasteiger partial charge on any atom is 0.251 e.